The van der Waals surface area contributed by atoms with Crippen LogP contribution in [-0.4, -0.2) is 42.6 Å². The Bertz CT molecular complexity index is 757. The van der Waals surface area contributed by atoms with E-state index in [1.165, 1.54) is 18.4 Å². The normalized spacial score (nSPS) is 16.4. The fourth-order valence-corrected chi connectivity index (χ4v) is 5.71. The largest absolute Gasteiger partial charge is 0.467 e. The molecule has 26 heavy (non-hydrogen) atoms. The third-order valence-corrected chi connectivity index (χ3v) is 7.19. The van der Waals surface area contributed by atoms with Gasteiger partial charge in [0.15, 0.2) is 5.13 Å². The van der Waals surface area contributed by atoms with Gasteiger partial charge in [0.05, 0.1) is 16.7 Å². The number of hydrogen-bond donors (Lipinski definition) is 1. The lowest BCUT2D eigenvalue weighted by Gasteiger charge is -2.35. The zero-order valence-corrected chi connectivity index (χ0v) is 17.1. The van der Waals surface area contributed by atoms with Crippen LogP contribution < -0.4 is 10.2 Å². The Morgan fingerprint density at radius 1 is 1.23 bits per heavy atom. The smallest absolute Gasteiger partial charge is 0.331 e. The lowest BCUT2D eigenvalue weighted by Crippen LogP contribution is -2.56. The van der Waals surface area contributed by atoms with Crippen LogP contribution in [0.15, 0.2) is 6.07 Å². The standard InChI is InChI=1S/C18H25N3O3S2/c1-4-21(5-2)17-19-15-13(26-17)11-12(25-15)14(22)20-18(16(23)24-3)9-7-6-8-10-18/h11H,4-10H2,1-3H3,(H,20,22). The third-order valence-electron chi connectivity index (χ3n) is 4.97. The van der Waals surface area contributed by atoms with E-state index in [9.17, 15) is 9.59 Å². The van der Waals surface area contributed by atoms with E-state index in [0.29, 0.717) is 17.7 Å². The summed E-state index contributed by atoms with van der Waals surface area (Å²) in [6, 6.07) is 1.88. The van der Waals surface area contributed by atoms with Crippen LogP contribution in [0.4, 0.5) is 5.13 Å². The molecule has 2 heterocycles. The molecule has 1 aliphatic carbocycles. The fraction of sp³-hybridized carbons (Fsp3) is 0.611. The first-order valence-corrected chi connectivity index (χ1v) is 10.7. The lowest BCUT2D eigenvalue weighted by molar-refractivity contribution is -0.149. The predicted molar refractivity (Wildman–Crippen MR) is 106 cm³/mol. The lowest BCUT2D eigenvalue weighted by atomic mass is 9.81. The number of carbonyl (C=O) groups is 2. The van der Waals surface area contributed by atoms with Crippen molar-refractivity contribution in [3.05, 3.63) is 10.9 Å². The second-order valence-corrected chi connectivity index (χ2v) is 8.58. The first kappa shape index (κ1) is 19.1. The van der Waals surface area contributed by atoms with E-state index in [1.54, 1.807) is 11.3 Å². The van der Waals surface area contributed by atoms with Gasteiger partial charge in [0.25, 0.3) is 5.91 Å². The minimum absolute atomic E-state index is 0.211. The highest BCUT2D eigenvalue weighted by atomic mass is 32.1. The number of fused-ring (bicyclic) bond motifs is 1. The van der Waals surface area contributed by atoms with Crippen LogP contribution in [0.5, 0.6) is 0 Å². The summed E-state index contributed by atoms with van der Waals surface area (Å²) >= 11 is 2.98. The number of ether oxygens (including phenoxy) is 1. The molecule has 0 radical (unpaired) electrons. The van der Waals surface area contributed by atoms with Crippen LogP contribution in [0.25, 0.3) is 9.53 Å². The summed E-state index contributed by atoms with van der Waals surface area (Å²) in [4.78, 5) is 33.4. The van der Waals surface area contributed by atoms with Crippen molar-refractivity contribution >= 4 is 49.2 Å². The van der Waals surface area contributed by atoms with Crippen molar-refractivity contribution in [2.75, 3.05) is 25.1 Å². The summed E-state index contributed by atoms with van der Waals surface area (Å²) in [6.07, 6.45) is 4.19. The number of rotatable bonds is 6. The number of nitrogens with zero attached hydrogens (tertiary/aromatic N) is 2. The molecular formula is C18H25N3O3S2. The molecule has 0 aliphatic heterocycles. The third kappa shape index (κ3) is 3.57. The molecular weight excluding hydrogens is 370 g/mol. The van der Waals surface area contributed by atoms with E-state index >= 15 is 0 Å². The van der Waals surface area contributed by atoms with Gasteiger partial charge in [-0.05, 0) is 32.8 Å². The van der Waals surface area contributed by atoms with Crippen molar-refractivity contribution in [2.45, 2.75) is 51.5 Å². The number of carbonyl (C=O) groups excluding carboxylic acids is 2. The summed E-state index contributed by atoms with van der Waals surface area (Å²) < 4.78 is 5.99. The first-order chi connectivity index (χ1) is 12.5. The number of anilines is 1. The number of aromatic nitrogens is 1. The van der Waals surface area contributed by atoms with E-state index in [-0.39, 0.29) is 11.9 Å². The Morgan fingerprint density at radius 3 is 2.50 bits per heavy atom. The molecule has 2 aromatic rings. The molecule has 0 aromatic carbocycles. The molecule has 0 atom stereocenters. The van der Waals surface area contributed by atoms with Gasteiger partial charge in [-0.15, -0.1) is 11.3 Å². The van der Waals surface area contributed by atoms with Crippen LogP contribution >= 0.6 is 22.7 Å². The molecule has 0 saturated heterocycles. The highest BCUT2D eigenvalue weighted by Crippen LogP contribution is 2.35. The van der Waals surface area contributed by atoms with Crippen LogP contribution in [0.1, 0.15) is 55.6 Å². The number of amides is 1. The molecule has 8 heteroatoms. The molecule has 1 aliphatic rings. The van der Waals surface area contributed by atoms with Gasteiger partial charge >= 0.3 is 5.97 Å². The van der Waals surface area contributed by atoms with E-state index < -0.39 is 5.54 Å². The van der Waals surface area contributed by atoms with E-state index in [1.807, 2.05) is 6.07 Å². The monoisotopic (exact) mass is 395 g/mol. The highest BCUT2D eigenvalue weighted by molar-refractivity contribution is 7.29. The Morgan fingerprint density at radius 2 is 1.92 bits per heavy atom. The van der Waals surface area contributed by atoms with Crippen molar-refractivity contribution in [2.24, 2.45) is 0 Å². The quantitative estimate of drug-likeness (QED) is 0.753. The van der Waals surface area contributed by atoms with Crippen molar-refractivity contribution in [3.8, 4) is 0 Å². The van der Waals surface area contributed by atoms with Gasteiger partial charge in [0.1, 0.15) is 10.4 Å². The van der Waals surface area contributed by atoms with Gasteiger partial charge in [-0.2, -0.15) is 0 Å². The van der Waals surface area contributed by atoms with Gasteiger partial charge < -0.3 is 15.0 Å². The van der Waals surface area contributed by atoms with Crippen molar-refractivity contribution < 1.29 is 14.3 Å². The maximum absolute atomic E-state index is 12.8. The molecule has 3 rings (SSSR count). The van der Waals surface area contributed by atoms with Crippen LogP contribution in [0.3, 0.4) is 0 Å². The molecule has 0 spiro atoms. The maximum atomic E-state index is 12.8. The van der Waals surface area contributed by atoms with Crippen LogP contribution in [-0.2, 0) is 9.53 Å². The summed E-state index contributed by atoms with van der Waals surface area (Å²) in [5.41, 5.74) is -0.888. The van der Waals surface area contributed by atoms with Gasteiger partial charge in [0.2, 0.25) is 0 Å². The van der Waals surface area contributed by atoms with Crippen molar-refractivity contribution in [1.82, 2.24) is 10.3 Å². The predicted octanol–water partition coefficient (Wildman–Crippen LogP) is 3.81. The number of esters is 1. The zero-order valence-electron chi connectivity index (χ0n) is 15.5. The molecule has 1 amide bonds. The molecule has 1 N–H and O–H groups in total. The van der Waals surface area contributed by atoms with Crippen LogP contribution in [0, 0.1) is 0 Å². The Balaban J connectivity index is 1.80. The van der Waals surface area contributed by atoms with Gasteiger partial charge in [-0.25, -0.2) is 9.78 Å². The zero-order chi connectivity index (χ0) is 18.7. The van der Waals surface area contributed by atoms with Crippen molar-refractivity contribution in [3.63, 3.8) is 0 Å². The number of thiophene rings is 1. The highest BCUT2D eigenvalue weighted by Gasteiger charge is 2.42. The molecule has 0 unspecified atom stereocenters. The summed E-state index contributed by atoms with van der Waals surface area (Å²) in [6.45, 7) is 6.03. The van der Waals surface area contributed by atoms with Crippen LogP contribution in [0.2, 0.25) is 0 Å². The fourth-order valence-electron chi connectivity index (χ4n) is 3.47. The SMILES string of the molecule is CCN(CC)c1nc2sc(C(=O)NC3(C(=O)OC)CCCCC3)cc2s1. The summed E-state index contributed by atoms with van der Waals surface area (Å²) in [7, 11) is 1.38. The molecule has 2 aromatic heterocycles. The Kier molecular flexibility index (Phi) is 5.82. The topological polar surface area (TPSA) is 71.5 Å². The van der Waals surface area contributed by atoms with E-state index in [0.717, 1.165) is 47.0 Å². The second kappa shape index (κ2) is 7.92. The molecule has 1 saturated carbocycles. The number of thiazole rings is 1. The average Bonchev–Trinajstić information content (AvgIpc) is 3.22. The summed E-state index contributed by atoms with van der Waals surface area (Å²) in [5, 5.41) is 3.96. The molecule has 1 fully saturated rings. The Hall–Kier alpha value is -1.67. The van der Waals surface area contributed by atoms with E-state index in [2.05, 4.69) is 29.0 Å². The van der Waals surface area contributed by atoms with Crippen molar-refractivity contribution in [1.29, 1.82) is 0 Å². The Labute approximate surface area is 161 Å². The molecule has 142 valence electrons. The molecule has 6 nitrogen and oxygen atoms in total. The van der Waals surface area contributed by atoms with E-state index in [4.69, 9.17) is 4.74 Å². The minimum Gasteiger partial charge on any atom is -0.467 e. The average molecular weight is 396 g/mol. The van der Waals surface area contributed by atoms with Gasteiger partial charge in [0, 0.05) is 13.1 Å². The maximum Gasteiger partial charge on any atom is 0.331 e. The van der Waals surface area contributed by atoms with Gasteiger partial charge in [-0.3, -0.25) is 4.79 Å². The minimum atomic E-state index is -0.888. The van der Waals surface area contributed by atoms with Gasteiger partial charge in [-0.1, -0.05) is 30.6 Å². The number of hydrogen-bond acceptors (Lipinski definition) is 7. The molecule has 0 bridgehead atoms. The first-order valence-electron chi connectivity index (χ1n) is 9.09. The summed E-state index contributed by atoms with van der Waals surface area (Å²) in [5.74, 6) is -0.553. The second-order valence-electron chi connectivity index (χ2n) is 6.54. The number of nitrogens with one attached hydrogen (secondary N) is 1. The number of methoxy groups -OCH3 is 1.